The normalized spacial score (nSPS) is 10.3. The van der Waals surface area contributed by atoms with Crippen molar-refractivity contribution in [3.05, 3.63) is 46.5 Å². The molecule has 0 aliphatic carbocycles. The average molecular weight is 250 g/mol. The molecule has 0 bridgehead atoms. The molecule has 1 amide bonds. The number of hydrogen-bond acceptors (Lipinski definition) is 2. The second-order valence-corrected chi connectivity index (χ2v) is 4.23. The maximum atomic E-state index is 11.8. The number of aromatic amines is 1. The van der Waals surface area contributed by atoms with Gasteiger partial charge < -0.3 is 10.3 Å². The maximum absolute atomic E-state index is 11.8. The van der Waals surface area contributed by atoms with Crippen LogP contribution in [0.5, 0.6) is 0 Å². The van der Waals surface area contributed by atoms with Crippen molar-refractivity contribution >= 4 is 23.2 Å². The molecule has 2 N–H and O–H groups in total. The van der Waals surface area contributed by atoms with Crippen molar-refractivity contribution in [2.24, 2.45) is 0 Å². The Kier molecular flexibility index (Phi) is 3.15. The zero-order valence-corrected chi connectivity index (χ0v) is 10.3. The fraction of sp³-hybridized carbons (Fsp3) is 0.167. The summed E-state index contributed by atoms with van der Waals surface area (Å²) in [5.74, 6) is 0.499. The highest BCUT2D eigenvalue weighted by Gasteiger charge is 2.09. The molecule has 1 aromatic carbocycles. The first-order valence-electron chi connectivity index (χ1n) is 5.15. The Morgan fingerprint density at radius 3 is 2.76 bits per heavy atom. The summed E-state index contributed by atoms with van der Waals surface area (Å²) in [7, 11) is 0. The van der Waals surface area contributed by atoms with Crippen molar-refractivity contribution < 1.29 is 4.79 Å². The molecule has 1 aromatic heterocycles. The van der Waals surface area contributed by atoms with E-state index in [0.29, 0.717) is 16.5 Å². The minimum Gasteiger partial charge on any atom is -0.338 e. The Morgan fingerprint density at radius 2 is 2.18 bits per heavy atom. The second-order valence-electron chi connectivity index (χ2n) is 3.80. The first kappa shape index (κ1) is 11.7. The zero-order valence-electron chi connectivity index (χ0n) is 9.54. The molecule has 0 unspecified atom stereocenters. The summed E-state index contributed by atoms with van der Waals surface area (Å²) in [4.78, 5) is 18.7. The number of imidazole rings is 1. The molecule has 0 radical (unpaired) electrons. The molecular weight excluding hydrogens is 238 g/mol. The summed E-state index contributed by atoms with van der Waals surface area (Å²) < 4.78 is 0. The first-order chi connectivity index (χ1) is 8.06. The number of nitrogens with one attached hydrogen (secondary N) is 2. The third-order valence-corrected chi connectivity index (χ3v) is 2.62. The Labute approximate surface area is 104 Å². The predicted molar refractivity (Wildman–Crippen MR) is 67.5 cm³/mol. The van der Waals surface area contributed by atoms with Crippen LogP contribution in [0.1, 0.15) is 21.9 Å². The topological polar surface area (TPSA) is 57.8 Å². The van der Waals surface area contributed by atoms with Crippen LogP contribution in [0, 0.1) is 13.8 Å². The van der Waals surface area contributed by atoms with Crippen LogP contribution in [0.4, 0.5) is 5.69 Å². The molecular formula is C12H12ClN3O. The van der Waals surface area contributed by atoms with Crippen molar-refractivity contribution in [1.29, 1.82) is 0 Å². The Balaban J connectivity index is 2.18. The van der Waals surface area contributed by atoms with Gasteiger partial charge in [0.25, 0.3) is 5.91 Å². The molecule has 0 fully saturated rings. The maximum Gasteiger partial charge on any atom is 0.273 e. The van der Waals surface area contributed by atoms with Crippen LogP contribution in [0.25, 0.3) is 0 Å². The summed E-state index contributed by atoms with van der Waals surface area (Å²) in [6.07, 6.45) is 1.51. The smallest absolute Gasteiger partial charge is 0.273 e. The number of rotatable bonds is 2. The standard InChI is InChI=1S/C12H12ClN3O/c1-7-5-9(13)3-4-10(7)16-12(17)11-6-14-8(2)15-11/h3-6H,1-2H3,(H,14,15)(H,16,17). The molecule has 0 aliphatic rings. The fourth-order valence-corrected chi connectivity index (χ4v) is 1.72. The van der Waals surface area contributed by atoms with Crippen molar-refractivity contribution in [3.63, 3.8) is 0 Å². The van der Waals surface area contributed by atoms with Crippen LogP contribution in [0.3, 0.4) is 0 Å². The second kappa shape index (κ2) is 4.59. The molecule has 0 saturated carbocycles. The van der Waals surface area contributed by atoms with Crippen LogP contribution in [-0.2, 0) is 0 Å². The van der Waals surface area contributed by atoms with Gasteiger partial charge in [-0.25, -0.2) is 4.98 Å². The lowest BCUT2D eigenvalue weighted by Crippen LogP contribution is -2.13. The van der Waals surface area contributed by atoms with Gasteiger partial charge in [0.15, 0.2) is 0 Å². The van der Waals surface area contributed by atoms with Crippen molar-refractivity contribution in [2.75, 3.05) is 5.32 Å². The van der Waals surface area contributed by atoms with Crippen molar-refractivity contribution in [3.8, 4) is 0 Å². The van der Waals surface area contributed by atoms with Crippen LogP contribution in [0.15, 0.2) is 24.4 Å². The highest BCUT2D eigenvalue weighted by atomic mass is 35.5. The number of aromatic nitrogens is 2. The predicted octanol–water partition coefficient (Wildman–Crippen LogP) is 2.93. The van der Waals surface area contributed by atoms with Gasteiger partial charge in [-0.05, 0) is 37.6 Å². The SMILES string of the molecule is Cc1ncc(C(=O)Nc2ccc(Cl)cc2C)[nH]1. The third kappa shape index (κ3) is 2.65. The summed E-state index contributed by atoms with van der Waals surface area (Å²) in [6, 6.07) is 5.32. The van der Waals surface area contributed by atoms with Gasteiger partial charge >= 0.3 is 0 Å². The number of aryl methyl sites for hydroxylation is 2. The monoisotopic (exact) mass is 249 g/mol. The van der Waals surface area contributed by atoms with Crippen LogP contribution < -0.4 is 5.32 Å². The minimum absolute atomic E-state index is 0.212. The van der Waals surface area contributed by atoms with E-state index in [1.807, 2.05) is 6.92 Å². The van der Waals surface area contributed by atoms with Gasteiger partial charge in [0.1, 0.15) is 11.5 Å². The average Bonchev–Trinajstić information content (AvgIpc) is 2.69. The van der Waals surface area contributed by atoms with E-state index in [9.17, 15) is 4.79 Å². The van der Waals surface area contributed by atoms with Gasteiger partial charge in [0.2, 0.25) is 0 Å². The van der Waals surface area contributed by atoms with Crippen molar-refractivity contribution in [1.82, 2.24) is 9.97 Å². The Hall–Kier alpha value is -1.81. The molecule has 17 heavy (non-hydrogen) atoms. The Bertz CT molecular complexity index is 563. The number of halogens is 1. The number of H-pyrrole nitrogens is 1. The molecule has 5 heteroatoms. The van der Waals surface area contributed by atoms with E-state index in [-0.39, 0.29) is 5.91 Å². The van der Waals surface area contributed by atoms with Gasteiger partial charge in [-0.15, -0.1) is 0 Å². The van der Waals surface area contributed by atoms with Crippen LogP contribution >= 0.6 is 11.6 Å². The van der Waals surface area contributed by atoms with E-state index in [0.717, 1.165) is 11.3 Å². The molecule has 4 nitrogen and oxygen atoms in total. The number of carbonyl (C=O) groups is 1. The lowest BCUT2D eigenvalue weighted by Gasteiger charge is -2.07. The number of amides is 1. The van der Waals surface area contributed by atoms with Crippen LogP contribution in [0.2, 0.25) is 5.02 Å². The zero-order chi connectivity index (χ0) is 12.4. The van der Waals surface area contributed by atoms with Crippen molar-refractivity contribution in [2.45, 2.75) is 13.8 Å². The molecule has 1 heterocycles. The molecule has 0 spiro atoms. The van der Waals surface area contributed by atoms with Crippen LogP contribution in [-0.4, -0.2) is 15.9 Å². The van der Waals surface area contributed by atoms with E-state index in [1.165, 1.54) is 6.20 Å². The summed E-state index contributed by atoms with van der Waals surface area (Å²) in [5, 5.41) is 3.45. The molecule has 2 rings (SSSR count). The van der Waals surface area contributed by atoms with Gasteiger partial charge in [-0.2, -0.15) is 0 Å². The van der Waals surface area contributed by atoms with Gasteiger partial charge in [-0.1, -0.05) is 11.6 Å². The lowest BCUT2D eigenvalue weighted by atomic mass is 10.2. The molecule has 0 aliphatic heterocycles. The number of anilines is 1. The van der Waals surface area contributed by atoms with E-state index < -0.39 is 0 Å². The van der Waals surface area contributed by atoms with Gasteiger partial charge in [-0.3, -0.25) is 4.79 Å². The summed E-state index contributed by atoms with van der Waals surface area (Å²) >= 11 is 5.84. The molecule has 0 atom stereocenters. The number of benzene rings is 1. The molecule has 0 saturated heterocycles. The first-order valence-corrected chi connectivity index (χ1v) is 5.53. The number of nitrogens with zero attached hydrogens (tertiary/aromatic N) is 1. The van der Waals surface area contributed by atoms with E-state index in [2.05, 4.69) is 15.3 Å². The van der Waals surface area contributed by atoms with E-state index >= 15 is 0 Å². The van der Waals surface area contributed by atoms with E-state index in [1.54, 1.807) is 25.1 Å². The highest BCUT2D eigenvalue weighted by Crippen LogP contribution is 2.20. The minimum atomic E-state index is -0.212. The lowest BCUT2D eigenvalue weighted by molar-refractivity contribution is 0.102. The largest absolute Gasteiger partial charge is 0.338 e. The number of hydrogen-bond donors (Lipinski definition) is 2. The highest BCUT2D eigenvalue weighted by molar-refractivity contribution is 6.30. The third-order valence-electron chi connectivity index (χ3n) is 2.38. The van der Waals surface area contributed by atoms with Gasteiger partial charge in [0.05, 0.1) is 6.20 Å². The summed E-state index contributed by atoms with van der Waals surface area (Å²) in [6.45, 7) is 3.68. The fourth-order valence-electron chi connectivity index (χ4n) is 1.49. The Morgan fingerprint density at radius 1 is 1.41 bits per heavy atom. The quantitative estimate of drug-likeness (QED) is 0.860. The molecule has 88 valence electrons. The van der Waals surface area contributed by atoms with E-state index in [4.69, 9.17) is 11.6 Å². The number of carbonyl (C=O) groups excluding carboxylic acids is 1. The van der Waals surface area contributed by atoms with Gasteiger partial charge in [0, 0.05) is 10.7 Å². The summed E-state index contributed by atoms with van der Waals surface area (Å²) in [5.41, 5.74) is 2.10. The molecule has 2 aromatic rings.